The Balaban J connectivity index is 1.22. The maximum atomic E-state index is 5.11. The van der Waals surface area contributed by atoms with E-state index >= 15 is 0 Å². The van der Waals surface area contributed by atoms with Gasteiger partial charge in [-0.3, -0.25) is 0 Å². The summed E-state index contributed by atoms with van der Waals surface area (Å²) in [5.74, 6) is 0.879. The number of thiophene rings is 1. The fourth-order valence-corrected chi connectivity index (χ4v) is 7.85. The third kappa shape index (κ3) is 4.09. The van der Waals surface area contributed by atoms with Gasteiger partial charge >= 0.3 is 0 Å². The van der Waals surface area contributed by atoms with Crippen LogP contribution in [0.3, 0.4) is 0 Å². The number of aromatic nitrogens is 2. The smallest absolute Gasteiger partial charge is 0.160 e. The molecule has 1 atom stereocenters. The van der Waals surface area contributed by atoms with Gasteiger partial charge in [-0.15, -0.1) is 11.3 Å². The van der Waals surface area contributed by atoms with Gasteiger partial charge in [0, 0.05) is 42.8 Å². The molecule has 1 aliphatic carbocycles. The third-order valence-electron chi connectivity index (χ3n) is 8.77. The first-order chi connectivity index (χ1) is 21.8. The number of hydrogen-bond donors (Lipinski definition) is 0. The highest BCUT2D eigenvalue weighted by Crippen LogP contribution is 2.51. The lowest BCUT2D eigenvalue weighted by Crippen LogP contribution is -2.00. The first-order valence-electron chi connectivity index (χ1n) is 14.9. The van der Waals surface area contributed by atoms with Gasteiger partial charge in [0.15, 0.2) is 5.82 Å². The molecule has 0 saturated heterocycles. The van der Waals surface area contributed by atoms with E-state index in [1.807, 2.05) is 35.6 Å². The number of benzene rings is 6. The van der Waals surface area contributed by atoms with Gasteiger partial charge in [0.2, 0.25) is 0 Å². The van der Waals surface area contributed by atoms with Crippen molar-refractivity contribution in [2.45, 2.75) is 5.92 Å². The molecule has 2 aromatic heterocycles. The number of hydrogen-bond acceptors (Lipinski definition) is 3. The molecule has 0 saturated carbocycles. The second-order valence-electron chi connectivity index (χ2n) is 11.4. The summed E-state index contributed by atoms with van der Waals surface area (Å²) in [5.41, 5.74) is 11.7. The average Bonchev–Trinajstić information content (AvgIpc) is 3.62. The summed E-state index contributed by atoms with van der Waals surface area (Å²) < 4.78 is 2.68. The van der Waals surface area contributed by atoms with Crippen molar-refractivity contribution in [1.82, 2.24) is 9.97 Å². The summed E-state index contributed by atoms with van der Waals surface area (Å²) in [6, 6.07) is 54.2. The van der Waals surface area contributed by atoms with Crippen LogP contribution in [-0.4, -0.2) is 9.97 Å². The summed E-state index contributed by atoms with van der Waals surface area (Å²) in [6.07, 6.45) is 0. The van der Waals surface area contributed by atoms with Gasteiger partial charge in [-0.2, -0.15) is 0 Å². The molecule has 0 bridgehead atoms. The van der Waals surface area contributed by atoms with Gasteiger partial charge in [0.05, 0.1) is 11.4 Å². The molecule has 0 radical (unpaired) electrons. The maximum absolute atomic E-state index is 5.11. The van der Waals surface area contributed by atoms with Crippen molar-refractivity contribution < 1.29 is 0 Å². The minimum absolute atomic E-state index is 0.147. The van der Waals surface area contributed by atoms with Crippen LogP contribution in [-0.2, 0) is 0 Å². The maximum Gasteiger partial charge on any atom is 0.160 e. The van der Waals surface area contributed by atoms with E-state index in [4.69, 9.17) is 9.97 Å². The zero-order chi connectivity index (χ0) is 29.0. The zero-order valence-electron chi connectivity index (χ0n) is 23.8. The molecule has 206 valence electrons. The van der Waals surface area contributed by atoms with E-state index < -0.39 is 0 Å². The van der Waals surface area contributed by atoms with Gasteiger partial charge < -0.3 is 0 Å². The van der Waals surface area contributed by atoms with E-state index in [0.717, 1.165) is 33.9 Å². The molecule has 8 aromatic rings. The predicted octanol–water partition coefficient (Wildman–Crippen LogP) is 11.0. The van der Waals surface area contributed by atoms with Crippen molar-refractivity contribution in [3.8, 4) is 45.0 Å². The van der Waals surface area contributed by atoms with E-state index in [9.17, 15) is 0 Å². The lowest BCUT2D eigenvalue weighted by Gasteiger charge is -2.16. The third-order valence-corrected chi connectivity index (χ3v) is 9.90. The lowest BCUT2D eigenvalue weighted by molar-refractivity contribution is 1.02. The zero-order valence-corrected chi connectivity index (χ0v) is 24.6. The number of fused-ring (bicyclic) bond motifs is 6. The summed E-state index contributed by atoms with van der Waals surface area (Å²) in [6.45, 7) is 0. The van der Waals surface area contributed by atoms with Crippen LogP contribution in [0.5, 0.6) is 0 Å². The van der Waals surface area contributed by atoms with Crippen molar-refractivity contribution in [2.24, 2.45) is 0 Å². The Labute approximate surface area is 260 Å². The molecule has 2 heterocycles. The van der Waals surface area contributed by atoms with Crippen molar-refractivity contribution >= 4 is 31.5 Å². The van der Waals surface area contributed by atoms with Crippen molar-refractivity contribution in [3.05, 3.63) is 168 Å². The lowest BCUT2D eigenvalue weighted by atomic mass is 9.87. The molecule has 2 nitrogen and oxygen atoms in total. The first-order valence-corrected chi connectivity index (χ1v) is 15.8. The molecule has 0 aliphatic heterocycles. The molecule has 44 heavy (non-hydrogen) atoms. The summed E-state index contributed by atoms with van der Waals surface area (Å²) >= 11 is 1.88. The van der Waals surface area contributed by atoms with Gasteiger partial charge in [0.1, 0.15) is 0 Å². The van der Waals surface area contributed by atoms with Crippen LogP contribution >= 0.6 is 11.3 Å². The second kappa shape index (κ2) is 10.1. The van der Waals surface area contributed by atoms with Crippen LogP contribution in [0.2, 0.25) is 0 Å². The summed E-state index contributed by atoms with van der Waals surface area (Å²) in [7, 11) is 0. The summed E-state index contributed by atoms with van der Waals surface area (Å²) in [4.78, 5) is 10.1. The fourth-order valence-electron chi connectivity index (χ4n) is 6.73. The Hall–Kier alpha value is -5.38. The molecule has 0 spiro atoms. The van der Waals surface area contributed by atoms with Crippen LogP contribution in [0.25, 0.3) is 65.2 Å². The second-order valence-corrected chi connectivity index (χ2v) is 12.5. The first kappa shape index (κ1) is 25.1. The Morgan fingerprint density at radius 1 is 0.432 bits per heavy atom. The van der Waals surface area contributed by atoms with Crippen LogP contribution in [0, 0.1) is 0 Å². The van der Waals surface area contributed by atoms with Crippen LogP contribution in [0.1, 0.15) is 22.6 Å². The quantitative estimate of drug-likeness (QED) is 0.208. The van der Waals surface area contributed by atoms with E-state index in [-0.39, 0.29) is 5.92 Å². The normalized spacial score (nSPS) is 13.7. The molecule has 1 aliphatic rings. The minimum Gasteiger partial charge on any atom is -0.228 e. The molecule has 6 aromatic carbocycles. The summed E-state index contributed by atoms with van der Waals surface area (Å²) in [5, 5.41) is 2.68. The molecular weight excluding hydrogens is 553 g/mol. The van der Waals surface area contributed by atoms with Crippen LogP contribution in [0.4, 0.5) is 0 Å². The minimum atomic E-state index is 0.147. The van der Waals surface area contributed by atoms with E-state index in [0.29, 0.717) is 0 Å². The van der Waals surface area contributed by atoms with Gasteiger partial charge in [-0.25, -0.2) is 9.97 Å². The molecule has 1 unspecified atom stereocenters. The molecule has 0 amide bonds. The topological polar surface area (TPSA) is 25.8 Å². The van der Waals surface area contributed by atoms with Gasteiger partial charge in [-0.1, -0.05) is 121 Å². The largest absolute Gasteiger partial charge is 0.228 e. The number of nitrogens with zero attached hydrogens (tertiary/aromatic N) is 2. The standard InChI is InChI=1S/C41H26N2S/c1-3-12-26(13-4-1)36-25-37(43-41(42-36)27-14-5-2-6-15-27)28-16-11-17-29(22-28)40-32-20-8-7-18-30(32)33-24-39-34(23-35(33)40)31-19-9-10-21-38(31)44-39/h1-25,40H. The van der Waals surface area contributed by atoms with Gasteiger partial charge in [-0.05, 0) is 58.1 Å². The Morgan fingerprint density at radius 3 is 1.95 bits per heavy atom. The Bertz CT molecular complexity index is 2280. The Kier molecular flexibility index (Phi) is 5.78. The van der Waals surface area contributed by atoms with Crippen molar-refractivity contribution in [2.75, 3.05) is 0 Å². The molecule has 0 fully saturated rings. The van der Waals surface area contributed by atoms with E-state index in [2.05, 4.69) is 127 Å². The van der Waals surface area contributed by atoms with Gasteiger partial charge in [0.25, 0.3) is 0 Å². The molecule has 9 rings (SSSR count). The fraction of sp³-hybridized carbons (Fsp3) is 0.0244. The highest BCUT2D eigenvalue weighted by atomic mass is 32.1. The highest BCUT2D eigenvalue weighted by Gasteiger charge is 2.31. The average molecular weight is 579 g/mol. The van der Waals surface area contributed by atoms with Crippen LogP contribution < -0.4 is 0 Å². The van der Waals surface area contributed by atoms with Crippen molar-refractivity contribution in [3.63, 3.8) is 0 Å². The molecule has 0 N–H and O–H groups in total. The predicted molar refractivity (Wildman–Crippen MR) is 184 cm³/mol. The van der Waals surface area contributed by atoms with E-state index in [1.54, 1.807) is 0 Å². The highest BCUT2D eigenvalue weighted by molar-refractivity contribution is 7.25. The van der Waals surface area contributed by atoms with E-state index in [1.165, 1.54) is 48.0 Å². The van der Waals surface area contributed by atoms with Crippen LogP contribution in [0.15, 0.2) is 152 Å². The molecular formula is C41H26N2S. The SMILES string of the molecule is c1ccc(-c2cc(-c3cccc(C4c5ccccc5-c5cc6sc7ccccc7c6cc54)c3)nc(-c3ccccc3)n2)cc1. The Morgan fingerprint density at radius 2 is 1.11 bits per heavy atom. The number of rotatable bonds is 4. The van der Waals surface area contributed by atoms with Crippen molar-refractivity contribution in [1.29, 1.82) is 0 Å². The monoisotopic (exact) mass is 578 g/mol. The molecule has 3 heteroatoms.